The van der Waals surface area contributed by atoms with Crippen molar-refractivity contribution in [2.24, 2.45) is 0 Å². The number of hydrogen-bond donors (Lipinski definition) is 2. The third kappa shape index (κ3) is 3.94. The van der Waals surface area contributed by atoms with E-state index in [4.69, 9.17) is 0 Å². The predicted octanol–water partition coefficient (Wildman–Crippen LogP) is 4.73. The first-order valence-electron chi connectivity index (χ1n) is 7.13. The molecular weight excluding hydrogens is 328 g/mol. The van der Waals surface area contributed by atoms with E-state index in [0.29, 0.717) is 0 Å². The van der Waals surface area contributed by atoms with Gasteiger partial charge in [-0.15, -0.1) is 0 Å². The molecular formula is C16H21BrN4. The van der Waals surface area contributed by atoms with E-state index in [2.05, 4.69) is 68.6 Å². The summed E-state index contributed by atoms with van der Waals surface area (Å²) in [5.74, 6) is 2.49. The highest BCUT2D eigenvalue weighted by molar-refractivity contribution is 9.10. The van der Waals surface area contributed by atoms with E-state index in [0.717, 1.165) is 46.1 Å². The minimum Gasteiger partial charge on any atom is -0.370 e. The smallest absolute Gasteiger partial charge is 0.139 e. The molecule has 1 aromatic carbocycles. The molecule has 0 amide bonds. The molecule has 0 bridgehead atoms. The zero-order valence-electron chi connectivity index (χ0n) is 12.9. The zero-order valence-corrected chi connectivity index (χ0v) is 14.5. The molecule has 0 radical (unpaired) electrons. The van der Waals surface area contributed by atoms with E-state index in [1.807, 2.05) is 13.8 Å². The van der Waals surface area contributed by atoms with Crippen LogP contribution in [0.3, 0.4) is 0 Å². The molecule has 0 unspecified atom stereocenters. The normalized spacial score (nSPS) is 10.5. The minimum absolute atomic E-state index is 0.755. The molecule has 0 aliphatic heterocycles. The second-order valence-electron chi connectivity index (χ2n) is 5.13. The van der Waals surface area contributed by atoms with Gasteiger partial charge in [0, 0.05) is 16.6 Å². The largest absolute Gasteiger partial charge is 0.370 e. The number of rotatable bonds is 5. The maximum Gasteiger partial charge on any atom is 0.139 e. The molecule has 2 N–H and O–H groups in total. The summed E-state index contributed by atoms with van der Waals surface area (Å²) in [6, 6.07) is 6.21. The van der Waals surface area contributed by atoms with Gasteiger partial charge in [0.2, 0.25) is 0 Å². The summed E-state index contributed by atoms with van der Waals surface area (Å²) in [4.78, 5) is 8.99. The summed E-state index contributed by atoms with van der Waals surface area (Å²) in [7, 11) is 0. The van der Waals surface area contributed by atoms with Crippen LogP contribution in [0.2, 0.25) is 0 Å². The fourth-order valence-corrected chi connectivity index (χ4v) is 2.61. The molecule has 0 atom stereocenters. The minimum atomic E-state index is 0.755. The van der Waals surface area contributed by atoms with Gasteiger partial charge in [-0.1, -0.05) is 13.0 Å². The number of nitrogens with one attached hydrogen (secondary N) is 2. The lowest BCUT2D eigenvalue weighted by atomic mass is 10.2. The van der Waals surface area contributed by atoms with Gasteiger partial charge in [0.15, 0.2) is 0 Å². The Kier molecular flexibility index (Phi) is 5.17. The Morgan fingerprint density at radius 2 is 1.81 bits per heavy atom. The number of aryl methyl sites for hydroxylation is 2. The van der Waals surface area contributed by atoms with Crippen molar-refractivity contribution in [1.29, 1.82) is 0 Å². The first-order valence-corrected chi connectivity index (χ1v) is 7.93. The first-order chi connectivity index (χ1) is 10.0. The Labute approximate surface area is 134 Å². The number of benzene rings is 1. The number of hydrogen-bond acceptors (Lipinski definition) is 4. The summed E-state index contributed by atoms with van der Waals surface area (Å²) in [5, 5.41) is 6.74. The highest BCUT2D eigenvalue weighted by Crippen LogP contribution is 2.29. The van der Waals surface area contributed by atoms with Gasteiger partial charge in [-0.3, -0.25) is 0 Å². The van der Waals surface area contributed by atoms with Gasteiger partial charge < -0.3 is 10.6 Å². The number of anilines is 3. The van der Waals surface area contributed by atoms with Crippen LogP contribution < -0.4 is 10.6 Å². The van der Waals surface area contributed by atoms with E-state index in [9.17, 15) is 0 Å². The van der Waals surface area contributed by atoms with Gasteiger partial charge >= 0.3 is 0 Å². The van der Waals surface area contributed by atoms with Gasteiger partial charge in [0.1, 0.15) is 17.5 Å². The Morgan fingerprint density at radius 3 is 2.48 bits per heavy atom. The lowest BCUT2D eigenvalue weighted by Gasteiger charge is -2.15. The van der Waals surface area contributed by atoms with Gasteiger partial charge in [-0.25, -0.2) is 9.97 Å². The highest BCUT2D eigenvalue weighted by atomic mass is 79.9. The van der Waals surface area contributed by atoms with Crippen molar-refractivity contribution in [2.45, 2.75) is 34.1 Å². The molecule has 0 spiro atoms. The Morgan fingerprint density at radius 1 is 1.10 bits per heavy atom. The second-order valence-corrected chi connectivity index (χ2v) is 5.98. The van der Waals surface area contributed by atoms with E-state index < -0.39 is 0 Å². The molecule has 112 valence electrons. The average Bonchev–Trinajstić information content (AvgIpc) is 2.43. The van der Waals surface area contributed by atoms with Crippen molar-refractivity contribution >= 4 is 33.3 Å². The molecule has 5 heteroatoms. The predicted molar refractivity (Wildman–Crippen MR) is 92.4 cm³/mol. The molecule has 0 aliphatic carbocycles. The Hall–Kier alpha value is -1.62. The number of halogens is 1. The third-order valence-corrected chi connectivity index (χ3v) is 3.83. The second kappa shape index (κ2) is 6.89. The van der Waals surface area contributed by atoms with Crippen molar-refractivity contribution < 1.29 is 0 Å². The van der Waals surface area contributed by atoms with Gasteiger partial charge in [0.25, 0.3) is 0 Å². The SMILES string of the molecule is CCCNc1nc(C)nc(Nc2ccc(C)cc2Br)c1C. The molecule has 0 saturated carbocycles. The van der Waals surface area contributed by atoms with E-state index in [1.54, 1.807) is 0 Å². The van der Waals surface area contributed by atoms with Gasteiger partial charge in [-0.2, -0.15) is 0 Å². The zero-order chi connectivity index (χ0) is 15.4. The molecule has 1 aromatic heterocycles. The van der Waals surface area contributed by atoms with Crippen molar-refractivity contribution in [1.82, 2.24) is 9.97 Å². The van der Waals surface area contributed by atoms with Crippen molar-refractivity contribution in [3.63, 3.8) is 0 Å². The van der Waals surface area contributed by atoms with Crippen LogP contribution >= 0.6 is 15.9 Å². The molecule has 0 fully saturated rings. The summed E-state index contributed by atoms with van der Waals surface area (Å²) in [6.45, 7) is 9.05. The van der Waals surface area contributed by atoms with E-state index in [1.165, 1.54) is 5.56 Å². The number of nitrogens with zero attached hydrogens (tertiary/aromatic N) is 2. The maximum absolute atomic E-state index is 4.52. The van der Waals surface area contributed by atoms with Crippen LogP contribution in [0.1, 0.15) is 30.3 Å². The van der Waals surface area contributed by atoms with Crippen LogP contribution in [-0.4, -0.2) is 16.5 Å². The van der Waals surface area contributed by atoms with Crippen LogP contribution in [0.25, 0.3) is 0 Å². The van der Waals surface area contributed by atoms with E-state index in [-0.39, 0.29) is 0 Å². The van der Waals surface area contributed by atoms with Crippen molar-refractivity contribution in [2.75, 3.05) is 17.2 Å². The van der Waals surface area contributed by atoms with Crippen LogP contribution in [0, 0.1) is 20.8 Å². The molecule has 2 rings (SSSR count). The molecule has 2 aromatic rings. The quantitative estimate of drug-likeness (QED) is 0.819. The number of aromatic nitrogens is 2. The Bertz CT molecular complexity index is 640. The van der Waals surface area contributed by atoms with Gasteiger partial charge in [-0.05, 0) is 60.8 Å². The van der Waals surface area contributed by atoms with Crippen molar-refractivity contribution in [3.8, 4) is 0 Å². The fraction of sp³-hybridized carbons (Fsp3) is 0.375. The van der Waals surface area contributed by atoms with Crippen LogP contribution in [0.15, 0.2) is 22.7 Å². The topological polar surface area (TPSA) is 49.8 Å². The highest BCUT2D eigenvalue weighted by Gasteiger charge is 2.10. The molecule has 0 aliphatic rings. The van der Waals surface area contributed by atoms with Crippen molar-refractivity contribution in [3.05, 3.63) is 39.6 Å². The van der Waals surface area contributed by atoms with Gasteiger partial charge in [0.05, 0.1) is 5.69 Å². The monoisotopic (exact) mass is 348 g/mol. The third-order valence-electron chi connectivity index (χ3n) is 3.18. The molecule has 0 saturated heterocycles. The fourth-order valence-electron chi connectivity index (χ4n) is 2.01. The summed E-state index contributed by atoms with van der Waals surface area (Å²) >= 11 is 3.59. The Balaban J connectivity index is 2.32. The standard InChI is InChI=1S/C16H21BrN4/c1-5-8-18-15-11(3)16(20-12(4)19-15)21-14-7-6-10(2)9-13(14)17/h6-7,9H,5,8H2,1-4H3,(H2,18,19,20,21). The molecule has 1 heterocycles. The molecule has 4 nitrogen and oxygen atoms in total. The van der Waals surface area contributed by atoms with E-state index >= 15 is 0 Å². The van der Waals surface area contributed by atoms with Crippen LogP contribution in [0.5, 0.6) is 0 Å². The lowest BCUT2D eigenvalue weighted by Crippen LogP contribution is -2.09. The summed E-state index contributed by atoms with van der Waals surface area (Å²) in [5.41, 5.74) is 3.25. The maximum atomic E-state index is 4.52. The van der Waals surface area contributed by atoms with Crippen LogP contribution in [0.4, 0.5) is 17.3 Å². The van der Waals surface area contributed by atoms with Crippen LogP contribution in [-0.2, 0) is 0 Å². The first kappa shape index (κ1) is 15.8. The molecule has 21 heavy (non-hydrogen) atoms. The summed E-state index contributed by atoms with van der Waals surface area (Å²) < 4.78 is 1.03. The lowest BCUT2D eigenvalue weighted by molar-refractivity contribution is 0.948. The average molecular weight is 349 g/mol. The summed E-state index contributed by atoms with van der Waals surface area (Å²) in [6.07, 6.45) is 1.06.